The van der Waals surface area contributed by atoms with Gasteiger partial charge in [0.2, 0.25) is 0 Å². The molecule has 0 atom stereocenters. The summed E-state index contributed by atoms with van der Waals surface area (Å²) in [5.74, 6) is -6.30. The third-order valence-electron chi connectivity index (χ3n) is 6.23. The Hall–Kier alpha value is -0.810. The molecule has 6 heteroatoms. The molecular weight excluding hydrogens is 324 g/mol. The van der Waals surface area contributed by atoms with Crippen molar-refractivity contribution in [3.8, 4) is 0 Å². The molecule has 2 nitrogen and oxygen atoms in total. The van der Waals surface area contributed by atoms with E-state index in [9.17, 15) is 22.4 Å². The van der Waals surface area contributed by atoms with E-state index in [-0.39, 0.29) is 37.8 Å². The van der Waals surface area contributed by atoms with Crippen LogP contribution >= 0.6 is 0 Å². The van der Waals surface area contributed by atoms with Crippen molar-refractivity contribution in [1.29, 1.82) is 0 Å². The van der Waals surface area contributed by atoms with Crippen LogP contribution in [0.2, 0.25) is 0 Å². The van der Waals surface area contributed by atoms with Gasteiger partial charge in [0.25, 0.3) is 0 Å². The van der Waals surface area contributed by atoms with E-state index in [1.165, 1.54) is 19.3 Å². The van der Waals surface area contributed by atoms with E-state index < -0.39 is 18.3 Å². The summed E-state index contributed by atoms with van der Waals surface area (Å²) in [5.41, 5.74) is -0.352. The van der Waals surface area contributed by atoms with Gasteiger partial charge in [-0.25, -0.2) is 8.78 Å². The fourth-order valence-electron chi connectivity index (χ4n) is 5.35. The lowest BCUT2D eigenvalue weighted by atomic mass is 9.49. The maximum absolute atomic E-state index is 13.2. The number of carbonyl (C=O) groups excluding carboxylic acids is 1. The minimum atomic E-state index is -4.01. The Morgan fingerprint density at radius 3 is 1.96 bits per heavy atom. The molecule has 138 valence electrons. The van der Waals surface area contributed by atoms with Crippen molar-refractivity contribution in [3.63, 3.8) is 0 Å². The molecule has 4 bridgehead atoms. The molecule has 4 aliphatic carbocycles. The molecule has 0 radical (unpaired) electrons. The number of rotatable bonds is 7. The second kappa shape index (κ2) is 6.17. The van der Waals surface area contributed by atoms with Crippen LogP contribution in [-0.2, 0) is 9.53 Å². The Labute approximate surface area is 140 Å². The first-order valence-electron chi connectivity index (χ1n) is 9.04. The number of ether oxygens (including phenoxy) is 1. The van der Waals surface area contributed by atoms with Gasteiger partial charge in [0.05, 0.1) is 12.0 Å². The van der Waals surface area contributed by atoms with Crippen LogP contribution in [0.25, 0.3) is 0 Å². The highest BCUT2D eigenvalue weighted by Gasteiger charge is 2.55. The Kier molecular flexibility index (Phi) is 4.63. The minimum absolute atomic E-state index is 0.0476. The highest BCUT2D eigenvalue weighted by molar-refractivity contribution is 5.77. The van der Waals surface area contributed by atoms with E-state index in [1.54, 1.807) is 0 Å². The average molecular weight is 350 g/mol. The molecule has 0 aromatic heterocycles. The lowest BCUT2D eigenvalue weighted by Crippen LogP contribution is -2.50. The molecule has 0 heterocycles. The molecular formula is C18H26F4O2. The molecule has 0 saturated heterocycles. The largest absolute Gasteiger partial charge is 0.465 e. The van der Waals surface area contributed by atoms with Crippen molar-refractivity contribution in [3.05, 3.63) is 0 Å². The zero-order chi connectivity index (χ0) is 17.6. The van der Waals surface area contributed by atoms with Crippen molar-refractivity contribution in [1.82, 2.24) is 0 Å². The fourth-order valence-corrected chi connectivity index (χ4v) is 5.35. The van der Waals surface area contributed by atoms with Gasteiger partial charge in [-0.1, -0.05) is 0 Å². The van der Waals surface area contributed by atoms with E-state index >= 15 is 0 Å². The average Bonchev–Trinajstić information content (AvgIpc) is 2.43. The zero-order valence-electron chi connectivity index (χ0n) is 14.1. The van der Waals surface area contributed by atoms with Gasteiger partial charge in [-0.2, -0.15) is 8.78 Å². The standard InChI is InChI=1S/C18H26F4O2/c1-16(19,20)18(21,22)4-2-3-5-24-15(23)17-9-12-6-13(10-17)8-14(7-12)11-17/h12-14H,2-11H2,1H3. The van der Waals surface area contributed by atoms with Crippen LogP contribution in [0, 0.1) is 23.2 Å². The summed E-state index contributed by atoms with van der Waals surface area (Å²) >= 11 is 0. The summed E-state index contributed by atoms with van der Waals surface area (Å²) in [4.78, 5) is 12.5. The predicted octanol–water partition coefficient (Wildman–Crippen LogP) is 5.21. The second-order valence-electron chi connectivity index (χ2n) is 8.38. The van der Waals surface area contributed by atoms with E-state index in [0.717, 1.165) is 19.3 Å². The van der Waals surface area contributed by atoms with Gasteiger partial charge < -0.3 is 4.74 Å². The Balaban J connectivity index is 1.42. The van der Waals surface area contributed by atoms with Crippen LogP contribution < -0.4 is 0 Å². The summed E-state index contributed by atoms with van der Waals surface area (Å²) in [5, 5.41) is 0. The van der Waals surface area contributed by atoms with Gasteiger partial charge in [0.15, 0.2) is 0 Å². The van der Waals surface area contributed by atoms with Crippen LogP contribution in [0.4, 0.5) is 17.6 Å². The summed E-state index contributed by atoms with van der Waals surface area (Å²) < 4.78 is 57.1. The van der Waals surface area contributed by atoms with E-state index in [0.29, 0.717) is 17.8 Å². The number of hydrogen-bond donors (Lipinski definition) is 0. The molecule has 4 saturated carbocycles. The molecule has 0 unspecified atom stereocenters. The maximum Gasteiger partial charge on any atom is 0.312 e. The van der Waals surface area contributed by atoms with Crippen LogP contribution in [0.1, 0.15) is 64.7 Å². The summed E-state index contributed by atoms with van der Waals surface area (Å²) in [6.07, 6.45) is 5.63. The third-order valence-corrected chi connectivity index (χ3v) is 6.23. The topological polar surface area (TPSA) is 26.3 Å². The molecule has 24 heavy (non-hydrogen) atoms. The number of unbranched alkanes of at least 4 members (excludes halogenated alkanes) is 1. The first-order valence-corrected chi connectivity index (χ1v) is 9.04. The predicted molar refractivity (Wildman–Crippen MR) is 81.0 cm³/mol. The number of esters is 1. The lowest BCUT2D eigenvalue weighted by Gasteiger charge is -2.55. The van der Waals surface area contributed by atoms with Gasteiger partial charge in [0, 0.05) is 13.3 Å². The van der Waals surface area contributed by atoms with Crippen molar-refractivity contribution in [2.45, 2.75) is 76.6 Å². The van der Waals surface area contributed by atoms with E-state index in [4.69, 9.17) is 4.74 Å². The third kappa shape index (κ3) is 3.43. The number of hydrogen-bond acceptors (Lipinski definition) is 2. The second-order valence-corrected chi connectivity index (χ2v) is 8.38. The van der Waals surface area contributed by atoms with Gasteiger partial charge in [0.1, 0.15) is 0 Å². The smallest absolute Gasteiger partial charge is 0.312 e. The van der Waals surface area contributed by atoms with Crippen molar-refractivity contribution in [2.75, 3.05) is 6.61 Å². The monoisotopic (exact) mass is 350 g/mol. The van der Waals surface area contributed by atoms with Crippen molar-refractivity contribution < 1.29 is 27.1 Å². The van der Waals surface area contributed by atoms with Crippen LogP contribution in [-0.4, -0.2) is 24.4 Å². The van der Waals surface area contributed by atoms with E-state index in [2.05, 4.69) is 0 Å². The molecule has 0 N–H and O–H groups in total. The van der Waals surface area contributed by atoms with Gasteiger partial charge in [-0.3, -0.25) is 4.79 Å². The first kappa shape index (κ1) is 18.0. The lowest BCUT2D eigenvalue weighted by molar-refractivity contribution is -0.201. The SMILES string of the molecule is CC(F)(F)C(F)(F)CCCCOC(=O)C12CC3CC(CC(C3)C1)C2. The molecule has 4 aliphatic rings. The summed E-state index contributed by atoms with van der Waals surface area (Å²) in [6.45, 7) is 0.284. The zero-order valence-corrected chi connectivity index (χ0v) is 14.1. The summed E-state index contributed by atoms with van der Waals surface area (Å²) in [7, 11) is 0. The van der Waals surface area contributed by atoms with Crippen molar-refractivity contribution >= 4 is 5.97 Å². The number of halogens is 4. The van der Waals surface area contributed by atoms with Crippen molar-refractivity contribution in [2.24, 2.45) is 23.2 Å². The molecule has 0 aromatic carbocycles. The summed E-state index contributed by atoms with van der Waals surface area (Å²) in [6, 6.07) is 0. The minimum Gasteiger partial charge on any atom is -0.465 e. The molecule has 0 amide bonds. The maximum atomic E-state index is 13.2. The quantitative estimate of drug-likeness (QED) is 0.358. The Morgan fingerprint density at radius 2 is 1.50 bits per heavy atom. The molecule has 0 spiro atoms. The van der Waals surface area contributed by atoms with Gasteiger partial charge >= 0.3 is 17.8 Å². The normalized spacial score (nSPS) is 35.3. The van der Waals surface area contributed by atoms with Crippen LogP contribution in [0.3, 0.4) is 0 Å². The number of alkyl halides is 4. The molecule has 0 aromatic rings. The molecule has 0 aliphatic heterocycles. The first-order chi connectivity index (χ1) is 11.1. The van der Waals surface area contributed by atoms with Gasteiger partial charge in [-0.05, 0) is 69.1 Å². The van der Waals surface area contributed by atoms with E-state index in [1.807, 2.05) is 0 Å². The molecule has 4 fully saturated rings. The highest BCUT2D eigenvalue weighted by atomic mass is 19.3. The van der Waals surface area contributed by atoms with Crippen LogP contribution in [0.15, 0.2) is 0 Å². The number of carbonyl (C=O) groups is 1. The Bertz CT molecular complexity index is 449. The highest BCUT2D eigenvalue weighted by Crippen LogP contribution is 2.60. The molecule has 4 rings (SSSR count). The van der Waals surface area contributed by atoms with Crippen LogP contribution in [0.5, 0.6) is 0 Å². The fraction of sp³-hybridized carbons (Fsp3) is 0.944. The van der Waals surface area contributed by atoms with Gasteiger partial charge in [-0.15, -0.1) is 0 Å². The Morgan fingerprint density at radius 1 is 1.00 bits per heavy atom.